The van der Waals surface area contributed by atoms with E-state index in [2.05, 4.69) is 48.9 Å². The van der Waals surface area contributed by atoms with Gasteiger partial charge in [0.2, 0.25) is 0 Å². The minimum absolute atomic E-state index is 0.171. The summed E-state index contributed by atoms with van der Waals surface area (Å²) in [5.41, 5.74) is 2.87. The molecule has 2 aromatic carbocycles. The number of thioether (sulfide) groups is 1. The van der Waals surface area contributed by atoms with E-state index in [1.807, 2.05) is 25.1 Å². The summed E-state index contributed by atoms with van der Waals surface area (Å²) in [4.78, 5) is 18.1. The number of halogens is 1. The summed E-state index contributed by atoms with van der Waals surface area (Å²) in [7, 11) is 0. The molecule has 6 heteroatoms. The molecule has 3 rings (SSSR count). The third-order valence-corrected chi connectivity index (χ3v) is 5.83. The molecule has 0 amide bonds. The van der Waals surface area contributed by atoms with Crippen LogP contribution >= 0.6 is 23.4 Å². The van der Waals surface area contributed by atoms with Crippen LogP contribution in [-0.2, 0) is 22.5 Å². The lowest BCUT2D eigenvalue weighted by molar-refractivity contribution is -0.145. The van der Waals surface area contributed by atoms with Gasteiger partial charge >= 0.3 is 5.97 Å². The third-order valence-electron chi connectivity index (χ3n) is 4.85. The molecular formula is C23H27ClN2O2S. The first-order valence-electron chi connectivity index (χ1n) is 9.74. The maximum Gasteiger partial charge on any atom is 0.306 e. The van der Waals surface area contributed by atoms with Gasteiger partial charge in [-0.25, -0.2) is 4.98 Å². The van der Waals surface area contributed by atoms with Crippen LogP contribution in [0.3, 0.4) is 0 Å². The zero-order valence-corrected chi connectivity index (χ0v) is 18.9. The largest absolute Gasteiger partial charge is 0.466 e. The van der Waals surface area contributed by atoms with Gasteiger partial charge in [0.1, 0.15) is 5.82 Å². The van der Waals surface area contributed by atoms with Crippen molar-refractivity contribution in [1.82, 2.24) is 9.55 Å². The minimum Gasteiger partial charge on any atom is -0.466 e. The van der Waals surface area contributed by atoms with Gasteiger partial charge in [-0.1, -0.05) is 37.6 Å². The highest BCUT2D eigenvalue weighted by Crippen LogP contribution is 2.30. The Bertz CT molecular complexity index is 996. The fourth-order valence-corrected chi connectivity index (χ4v) is 4.05. The van der Waals surface area contributed by atoms with Crippen molar-refractivity contribution in [3.8, 4) is 0 Å². The van der Waals surface area contributed by atoms with E-state index in [0.717, 1.165) is 23.4 Å². The molecule has 0 aliphatic heterocycles. The molecule has 0 aliphatic rings. The van der Waals surface area contributed by atoms with E-state index in [1.165, 1.54) is 10.5 Å². The van der Waals surface area contributed by atoms with Gasteiger partial charge in [0.25, 0.3) is 0 Å². The number of hydrogen-bond acceptors (Lipinski definition) is 4. The van der Waals surface area contributed by atoms with Crippen molar-refractivity contribution in [2.24, 2.45) is 5.41 Å². The van der Waals surface area contributed by atoms with Crippen molar-refractivity contribution in [1.29, 1.82) is 0 Å². The second kappa shape index (κ2) is 9.23. The first-order chi connectivity index (χ1) is 13.8. The number of ether oxygens (including phenoxy) is 1. The van der Waals surface area contributed by atoms with Crippen LogP contribution < -0.4 is 0 Å². The van der Waals surface area contributed by atoms with Crippen molar-refractivity contribution in [3.05, 3.63) is 58.9 Å². The summed E-state index contributed by atoms with van der Waals surface area (Å²) in [5, 5.41) is 0.670. The molecular weight excluding hydrogens is 404 g/mol. The maximum absolute atomic E-state index is 12.0. The highest BCUT2D eigenvalue weighted by Gasteiger charge is 2.26. The maximum atomic E-state index is 12.0. The molecule has 0 spiro atoms. The van der Waals surface area contributed by atoms with Gasteiger partial charge in [-0.2, -0.15) is 0 Å². The highest BCUT2D eigenvalue weighted by molar-refractivity contribution is 7.98. The summed E-state index contributed by atoms with van der Waals surface area (Å²) in [6.07, 6.45) is 3.10. The van der Waals surface area contributed by atoms with Gasteiger partial charge in [-0.3, -0.25) is 4.79 Å². The van der Waals surface area contributed by atoms with Crippen LogP contribution in [0.2, 0.25) is 5.02 Å². The van der Waals surface area contributed by atoms with Gasteiger partial charge in [0.05, 0.1) is 24.1 Å². The normalized spacial score (nSPS) is 11.8. The molecule has 0 atom stereocenters. The Morgan fingerprint density at radius 2 is 1.93 bits per heavy atom. The topological polar surface area (TPSA) is 44.1 Å². The Morgan fingerprint density at radius 3 is 2.59 bits per heavy atom. The predicted molar refractivity (Wildman–Crippen MR) is 121 cm³/mol. The van der Waals surface area contributed by atoms with Gasteiger partial charge in [-0.05, 0) is 54.5 Å². The summed E-state index contributed by atoms with van der Waals surface area (Å²) in [6, 6.07) is 14.4. The van der Waals surface area contributed by atoms with E-state index in [1.54, 1.807) is 11.8 Å². The molecule has 0 radical (unpaired) electrons. The SMILES string of the molecule is CCOC(=O)CC(C)(C)Cc1nc2cc(Cl)ccc2n1Cc1ccc(SC)cc1. The van der Waals surface area contributed by atoms with E-state index in [0.29, 0.717) is 24.5 Å². The molecule has 3 aromatic rings. The van der Waals surface area contributed by atoms with Gasteiger partial charge in [-0.15, -0.1) is 11.8 Å². The first kappa shape index (κ1) is 21.7. The summed E-state index contributed by atoms with van der Waals surface area (Å²) in [6.45, 7) is 7.10. The van der Waals surface area contributed by atoms with E-state index in [4.69, 9.17) is 21.3 Å². The molecule has 1 aromatic heterocycles. The van der Waals surface area contributed by atoms with E-state index >= 15 is 0 Å². The number of hydrogen-bond donors (Lipinski definition) is 0. The Morgan fingerprint density at radius 1 is 1.21 bits per heavy atom. The van der Waals surface area contributed by atoms with Crippen molar-refractivity contribution < 1.29 is 9.53 Å². The fraction of sp³-hybridized carbons (Fsp3) is 0.391. The summed E-state index contributed by atoms with van der Waals surface area (Å²) < 4.78 is 7.38. The Hall–Kier alpha value is -1.98. The van der Waals surface area contributed by atoms with Crippen LogP contribution in [0.15, 0.2) is 47.4 Å². The lowest BCUT2D eigenvalue weighted by atomic mass is 9.85. The standard InChI is InChI=1S/C23H27ClN2O2S/c1-5-28-22(27)14-23(2,3)13-21-25-19-12-17(24)8-11-20(19)26(21)15-16-6-9-18(29-4)10-7-16/h6-12H,5,13-15H2,1-4H3. The van der Waals surface area contributed by atoms with E-state index in [9.17, 15) is 4.79 Å². The second-order valence-corrected chi connectivity index (χ2v) is 9.23. The number of aromatic nitrogens is 2. The van der Waals surface area contributed by atoms with E-state index in [-0.39, 0.29) is 11.4 Å². The van der Waals surface area contributed by atoms with Gasteiger partial charge in [0, 0.05) is 22.9 Å². The lowest BCUT2D eigenvalue weighted by Crippen LogP contribution is -2.23. The van der Waals surface area contributed by atoms with Crippen LogP contribution in [-0.4, -0.2) is 28.4 Å². The number of imidazole rings is 1. The van der Waals surface area contributed by atoms with Gasteiger partial charge in [0.15, 0.2) is 0 Å². The molecule has 29 heavy (non-hydrogen) atoms. The Labute approximate surface area is 181 Å². The molecule has 4 nitrogen and oxygen atoms in total. The quantitative estimate of drug-likeness (QED) is 0.325. The lowest BCUT2D eigenvalue weighted by Gasteiger charge is -2.23. The number of esters is 1. The molecule has 0 N–H and O–H groups in total. The molecule has 0 fully saturated rings. The van der Waals surface area contributed by atoms with Crippen LogP contribution in [0, 0.1) is 5.41 Å². The molecule has 154 valence electrons. The number of carbonyl (C=O) groups is 1. The molecule has 0 bridgehead atoms. The zero-order valence-electron chi connectivity index (χ0n) is 17.4. The molecule has 0 saturated carbocycles. The minimum atomic E-state index is -0.266. The number of benzene rings is 2. The Kier molecular flexibility index (Phi) is 6.91. The third kappa shape index (κ3) is 5.55. The highest BCUT2D eigenvalue weighted by atomic mass is 35.5. The Balaban J connectivity index is 1.94. The van der Waals surface area contributed by atoms with Crippen molar-refractivity contribution in [3.63, 3.8) is 0 Å². The van der Waals surface area contributed by atoms with E-state index < -0.39 is 0 Å². The summed E-state index contributed by atoms with van der Waals surface area (Å²) in [5.74, 6) is 0.779. The van der Waals surface area contributed by atoms with Crippen molar-refractivity contribution >= 4 is 40.4 Å². The average Bonchev–Trinajstić information content (AvgIpc) is 2.97. The van der Waals surface area contributed by atoms with Crippen molar-refractivity contribution in [2.75, 3.05) is 12.9 Å². The number of nitrogens with zero attached hydrogens (tertiary/aromatic N) is 2. The van der Waals surface area contributed by atoms with Crippen LogP contribution in [0.5, 0.6) is 0 Å². The van der Waals surface area contributed by atoms with Gasteiger partial charge < -0.3 is 9.30 Å². The predicted octanol–water partition coefficient (Wildman–Crippen LogP) is 5.98. The van der Waals surface area contributed by atoms with Crippen molar-refractivity contribution in [2.45, 2.75) is 45.1 Å². The molecule has 0 saturated heterocycles. The van der Waals surface area contributed by atoms with Crippen LogP contribution in [0.1, 0.15) is 38.6 Å². The van der Waals surface area contributed by atoms with Crippen LogP contribution in [0.25, 0.3) is 11.0 Å². The smallest absolute Gasteiger partial charge is 0.306 e. The molecule has 1 heterocycles. The fourth-order valence-electron chi connectivity index (χ4n) is 3.47. The molecule has 0 aliphatic carbocycles. The molecule has 0 unspecified atom stereocenters. The summed E-state index contributed by atoms with van der Waals surface area (Å²) >= 11 is 7.93. The zero-order chi connectivity index (χ0) is 21.0. The average molecular weight is 431 g/mol. The first-order valence-corrected chi connectivity index (χ1v) is 11.3. The second-order valence-electron chi connectivity index (χ2n) is 7.92. The van der Waals surface area contributed by atoms with Crippen LogP contribution in [0.4, 0.5) is 0 Å². The number of fused-ring (bicyclic) bond motifs is 1. The monoisotopic (exact) mass is 430 g/mol. The number of rotatable bonds is 8. The number of carbonyl (C=O) groups excluding carboxylic acids is 1.